The van der Waals surface area contributed by atoms with Crippen LogP contribution < -0.4 is 4.90 Å². The second kappa shape index (κ2) is 5.73. The number of cyclic esters (lactones) is 1. The van der Waals surface area contributed by atoms with Gasteiger partial charge in [0, 0.05) is 0 Å². The van der Waals surface area contributed by atoms with E-state index in [1.165, 1.54) is 0 Å². The van der Waals surface area contributed by atoms with E-state index in [0.717, 1.165) is 11.1 Å². The normalized spacial score (nSPS) is 20.6. The van der Waals surface area contributed by atoms with E-state index in [-0.39, 0.29) is 23.8 Å². The van der Waals surface area contributed by atoms with Crippen LogP contribution in [0, 0.1) is 5.82 Å². The number of hydrogen-bond acceptors (Lipinski definition) is 5. The van der Waals surface area contributed by atoms with E-state index in [0.29, 0.717) is 0 Å². The molecule has 6 nitrogen and oxygen atoms in total. The molecule has 1 fully saturated rings. The van der Waals surface area contributed by atoms with Gasteiger partial charge in [-0.3, -0.25) is 0 Å². The first-order chi connectivity index (χ1) is 9.69. The summed E-state index contributed by atoms with van der Waals surface area (Å²) in [5.41, 5.74) is -0.404. The minimum atomic E-state index is -0.744. The fraction of sp³-hybridized carbons (Fsp3) is 0.615. The van der Waals surface area contributed by atoms with Gasteiger partial charge in [-0.15, -0.1) is 0 Å². The van der Waals surface area contributed by atoms with Gasteiger partial charge in [-0.25, -0.2) is 19.1 Å². The Morgan fingerprint density at radius 1 is 1.57 bits per heavy atom. The summed E-state index contributed by atoms with van der Waals surface area (Å²) >= 11 is 5.68. The number of halogens is 2. The van der Waals surface area contributed by atoms with Crippen LogP contribution in [0.15, 0.2) is 6.20 Å². The van der Waals surface area contributed by atoms with Crippen molar-refractivity contribution < 1.29 is 18.7 Å². The summed E-state index contributed by atoms with van der Waals surface area (Å²) in [6.45, 7) is 7.58. The molecular formula is C13H17ClFN3O3. The lowest BCUT2D eigenvalue weighted by atomic mass is 10.1. The number of nitrogens with zero attached hydrogens (tertiary/aromatic N) is 3. The fourth-order valence-electron chi connectivity index (χ4n) is 2.17. The highest BCUT2D eigenvalue weighted by Gasteiger charge is 2.41. The molecule has 116 valence electrons. The highest BCUT2D eigenvalue weighted by atomic mass is 35.5. The first-order valence-corrected chi connectivity index (χ1v) is 6.88. The summed E-state index contributed by atoms with van der Waals surface area (Å²) in [6.07, 6.45) is -0.134. The van der Waals surface area contributed by atoms with Gasteiger partial charge in [-0.1, -0.05) is 0 Å². The first kappa shape index (κ1) is 15.9. The van der Waals surface area contributed by atoms with Crippen molar-refractivity contribution in [2.45, 2.75) is 45.4 Å². The minimum absolute atomic E-state index is 0.0944. The monoisotopic (exact) mass is 317 g/mol. The zero-order valence-corrected chi connectivity index (χ0v) is 13.0. The SMILES string of the molecule is C[C@@H](OC(C)(C)C)[C@H]1COC(=O)N1c1nc(Cl)ncc1F. The van der Waals surface area contributed by atoms with E-state index >= 15 is 0 Å². The van der Waals surface area contributed by atoms with Crippen molar-refractivity contribution in [1.29, 1.82) is 0 Å². The molecule has 2 heterocycles. The van der Waals surface area contributed by atoms with E-state index in [9.17, 15) is 9.18 Å². The predicted octanol–water partition coefficient (Wildman–Crippen LogP) is 2.80. The van der Waals surface area contributed by atoms with Gasteiger partial charge < -0.3 is 9.47 Å². The zero-order valence-electron chi connectivity index (χ0n) is 12.3. The Kier molecular flexibility index (Phi) is 4.34. The number of carbonyl (C=O) groups is 1. The van der Waals surface area contributed by atoms with Gasteiger partial charge in [-0.05, 0) is 39.3 Å². The summed E-state index contributed by atoms with van der Waals surface area (Å²) < 4.78 is 24.7. The van der Waals surface area contributed by atoms with Gasteiger partial charge >= 0.3 is 6.09 Å². The van der Waals surface area contributed by atoms with E-state index in [1.54, 1.807) is 6.92 Å². The number of rotatable bonds is 3. The zero-order chi connectivity index (χ0) is 15.8. The molecule has 2 rings (SSSR count). The largest absolute Gasteiger partial charge is 0.447 e. The molecule has 0 radical (unpaired) electrons. The van der Waals surface area contributed by atoms with Crippen LogP contribution in [0.25, 0.3) is 0 Å². The third kappa shape index (κ3) is 3.59. The predicted molar refractivity (Wildman–Crippen MR) is 74.9 cm³/mol. The standard InChI is InChI=1S/C13H17ClFN3O3/c1-7(21-13(2,3)4)9-6-20-12(19)18(9)10-8(15)5-16-11(14)17-10/h5,7,9H,6H2,1-4H3/t7-,9-/m1/s1. The molecule has 1 amide bonds. The van der Waals surface area contributed by atoms with Crippen LogP contribution in [0.5, 0.6) is 0 Å². The van der Waals surface area contributed by atoms with Crippen molar-refractivity contribution in [2.24, 2.45) is 0 Å². The molecule has 0 bridgehead atoms. The molecule has 0 aromatic carbocycles. The summed E-state index contributed by atoms with van der Waals surface area (Å²) in [7, 11) is 0. The number of hydrogen-bond donors (Lipinski definition) is 0. The Morgan fingerprint density at radius 3 is 2.86 bits per heavy atom. The number of ether oxygens (including phenoxy) is 2. The number of carbonyl (C=O) groups excluding carboxylic acids is 1. The third-order valence-electron chi connectivity index (χ3n) is 2.91. The molecule has 1 aliphatic heterocycles. The van der Waals surface area contributed by atoms with E-state index < -0.39 is 23.6 Å². The minimum Gasteiger partial charge on any atom is -0.447 e. The Hall–Kier alpha value is -1.47. The molecule has 0 saturated carbocycles. The maximum Gasteiger partial charge on any atom is 0.416 e. The van der Waals surface area contributed by atoms with Gasteiger partial charge in [0.25, 0.3) is 0 Å². The van der Waals surface area contributed by atoms with Gasteiger partial charge in [0.15, 0.2) is 11.6 Å². The van der Waals surface area contributed by atoms with Crippen LogP contribution in [-0.4, -0.2) is 40.4 Å². The number of anilines is 1. The average molecular weight is 318 g/mol. The van der Waals surface area contributed by atoms with Gasteiger partial charge in [0.2, 0.25) is 5.28 Å². The molecule has 1 saturated heterocycles. The van der Waals surface area contributed by atoms with Crippen LogP contribution in [0.3, 0.4) is 0 Å². The molecule has 1 aliphatic rings. The Balaban J connectivity index is 2.31. The second-order valence-corrected chi connectivity index (χ2v) is 6.10. The van der Waals surface area contributed by atoms with Crippen molar-refractivity contribution in [3.63, 3.8) is 0 Å². The van der Waals surface area contributed by atoms with Crippen LogP contribution in [0.4, 0.5) is 15.0 Å². The van der Waals surface area contributed by atoms with Crippen LogP contribution in [0.2, 0.25) is 5.28 Å². The molecule has 8 heteroatoms. The second-order valence-electron chi connectivity index (χ2n) is 5.76. The van der Waals surface area contributed by atoms with Crippen LogP contribution in [-0.2, 0) is 9.47 Å². The fourth-order valence-corrected chi connectivity index (χ4v) is 2.30. The maximum atomic E-state index is 13.9. The van der Waals surface area contributed by atoms with E-state index in [1.807, 2.05) is 20.8 Å². The molecule has 1 aromatic rings. The molecule has 0 spiro atoms. The lowest BCUT2D eigenvalue weighted by molar-refractivity contribution is -0.0618. The van der Waals surface area contributed by atoms with Crippen molar-refractivity contribution >= 4 is 23.5 Å². The van der Waals surface area contributed by atoms with E-state index in [4.69, 9.17) is 21.1 Å². The van der Waals surface area contributed by atoms with Crippen molar-refractivity contribution in [3.05, 3.63) is 17.3 Å². The summed E-state index contributed by atoms with van der Waals surface area (Å²) in [5, 5.41) is -0.144. The maximum absolute atomic E-state index is 13.9. The van der Waals surface area contributed by atoms with Crippen molar-refractivity contribution in [2.75, 3.05) is 11.5 Å². The van der Waals surface area contributed by atoms with E-state index in [2.05, 4.69) is 9.97 Å². The molecule has 0 unspecified atom stereocenters. The summed E-state index contributed by atoms with van der Waals surface area (Å²) in [4.78, 5) is 20.3. The Labute approximate surface area is 127 Å². The highest BCUT2D eigenvalue weighted by molar-refractivity contribution is 6.28. The van der Waals surface area contributed by atoms with Gasteiger partial charge in [0.1, 0.15) is 12.6 Å². The number of aromatic nitrogens is 2. The van der Waals surface area contributed by atoms with Crippen molar-refractivity contribution in [1.82, 2.24) is 9.97 Å². The smallest absolute Gasteiger partial charge is 0.416 e. The van der Waals surface area contributed by atoms with Gasteiger partial charge in [-0.2, -0.15) is 4.98 Å². The lowest BCUT2D eigenvalue weighted by Gasteiger charge is -2.31. The molecule has 0 N–H and O–H groups in total. The van der Waals surface area contributed by atoms with Crippen molar-refractivity contribution in [3.8, 4) is 0 Å². The highest BCUT2D eigenvalue weighted by Crippen LogP contribution is 2.28. The summed E-state index contributed by atoms with van der Waals surface area (Å²) in [5.74, 6) is -0.946. The van der Waals surface area contributed by atoms with Crippen LogP contribution in [0.1, 0.15) is 27.7 Å². The quantitative estimate of drug-likeness (QED) is 0.802. The lowest BCUT2D eigenvalue weighted by Crippen LogP contribution is -2.45. The molecular weight excluding hydrogens is 301 g/mol. The number of amides is 1. The molecule has 21 heavy (non-hydrogen) atoms. The Bertz CT molecular complexity index is 550. The topological polar surface area (TPSA) is 64.6 Å². The molecule has 2 atom stereocenters. The first-order valence-electron chi connectivity index (χ1n) is 6.51. The molecule has 0 aliphatic carbocycles. The average Bonchev–Trinajstić information content (AvgIpc) is 2.72. The third-order valence-corrected chi connectivity index (χ3v) is 3.09. The Morgan fingerprint density at radius 2 is 2.24 bits per heavy atom. The summed E-state index contributed by atoms with van der Waals surface area (Å²) in [6, 6.07) is -0.489. The van der Waals surface area contributed by atoms with Crippen LogP contribution >= 0.6 is 11.6 Å². The van der Waals surface area contributed by atoms with Gasteiger partial charge in [0.05, 0.1) is 17.9 Å². The molecule has 1 aromatic heterocycles.